The Labute approximate surface area is 129 Å². The second-order valence-corrected chi connectivity index (χ2v) is 4.90. The van der Waals surface area contributed by atoms with Crippen LogP contribution in [0.5, 0.6) is 0 Å². The Balaban J connectivity index is 3.10. The summed E-state index contributed by atoms with van der Waals surface area (Å²) < 4.78 is 134. The zero-order chi connectivity index (χ0) is 19.0. The molecule has 0 aliphatic rings. The highest BCUT2D eigenvalue weighted by Gasteiger charge is 2.86. The number of ether oxygens (including phenoxy) is 1. The number of alkyl halides is 10. The molecule has 0 radical (unpaired) electrons. The Bertz CT molecular complexity index is 550. The molecule has 0 bridgehead atoms. The van der Waals surface area contributed by atoms with Crippen LogP contribution in [0.2, 0.25) is 0 Å². The molecule has 0 aliphatic carbocycles. The SMILES string of the molecule is CC(F)(F)C(F)(F)C(F)(F)C(F)(F)C(F)(F)OCc1ccccc1. The van der Waals surface area contributed by atoms with E-state index >= 15 is 0 Å². The molecular formula is C13H10F10O. The first kappa shape index (κ1) is 20.5. The highest BCUT2D eigenvalue weighted by atomic mass is 19.4. The summed E-state index contributed by atoms with van der Waals surface area (Å²) in [6.45, 7) is -2.13. The van der Waals surface area contributed by atoms with Crippen molar-refractivity contribution in [1.29, 1.82) is 0 Å². The van der Waals surface area contributed by atoms with Gasteiger partial charge in [-0.15, -0.1) is 0 Å². The quantitative estimate of drug-likeness (QED) is 0.586. The molecule has 11 heteroatoms. The van der Waals surface area contributed by atoms with E-state index in [1.54, 1.807) is 0 Å². The first-order valence-electron chi connectivity index (χ1n) is 6.15. The molecule has 1 nitrogen and oxygen atoms in total. The normalized spacial score (nSPS) is 14.8. The second kappa shape index (κ2) is 6.08. The van der Waals surface area contributed by atoms with E-state index in [1.807, 2.05) is 0 Å². The molecule has 0 amide bonds. The average molecular weight is 372 g/mol. The van der Waals surface area contributed by atoms with Crippen molar-refractivity contribution in [2.45, 2.75) is 43.3 Å². The number of halogens is 10. The van der Waals surface area contributed by atoms with E-state index in [0.717, 1.165) is 12.1 Å². The smallest absolute Gasteiger partial charge is 0.311 e. The standard InChI is InChI=1S/C13H10F10O/c1-9(14,15)10(16,17)11(18,19)12(20,21)13(22,23)24-7-8-5-3-2-4-6-8/h2-6H,7H2,1H3. The Morgan fingerprint density at radius 2 is 1.17 bits per heavy atom. The van der Waals surface area contributed by atoms with Gasteiger partial charge < -0.3 is 4.74 Å². The van der Waals surface area contributed by atoms with Crippen molar-refractivity contribution in [1.82, 2.24) is 0 Å². The third kappa shape index (κ3) is 3.31. The fourth-order valence-electron chi connectivity index (χ4n) is 1.49. The van der Waals surface area contributed by atoms with E-state index in [4.69, 9.17) is 0 Å². The fourth-order valence-corrected chi connectivity index (χ4v) is 1.49. The minimum absolute atomic E-state index is 0.163. The van der Waals surface area contributed by atoms with Crippen molar-refractivity contribution >= 4 is 0 Å². The number of hydrogen-bond acceptors (Lipinski definition) is 1. The van der Waals surface area contributed by atoms with Crippen molar-refractivity contribution in [2.75, 3.05) is 0 Å². The highest BCUT2D eigenvalue weighted by Crippen LogP contribution is 2.57. The number of hydrogen-bond donors (Lipinski definition) is 0. The van der Waals surface area contributed by atoms with Crippen LogP contribution in [0.3, 0.4) is 0 Å². The summed E-state index contributed by atoms with van der Waals surface area (Å²) in [7, 11) is 0. The maximum atomic E-state index is 13.3. The molecule has 0 aliphatic heterocycles. The Hall–Kier alpha value is -1.52. The van der Waals surface area contributed by atoms with Gasteiger partial charge in [-0.3, -0.25) is 0 Å². The summed E-state index contributed by atoms with van der Waals surface area (Å²) in [5.41, 5.74) is -0.163. The van der Waals surface area contributed by atoms with Gasteiger partial charge in [0.1, 0.15) is 0 Å². The predicted octanol–water partition coefficient (Wildman–Crippen LogP) is 5.36. The van der Waals surface area contributed by atoms with Gasteiger partial charge in [-0.25, -0.2) is 0 Å². The molecule has 0 atom stereocenters. The zero-order valence-corrected chi connectivity index (χ0v) is 11.8. The van der Waals surface area contributed by atoms with Gasteiger partial charge in [-0.1, -0.05) is 30.3 Å². The van der Waals surface area contributed by atoms with Crippen molar-refractivity contribution in [3.63, 3.8) is 0 Å². The fraction of sp³-hybridized carbons (Fsp3) is 0.538. The van der Waals surface area contributed by atoms with Gasteiger partial charge >= 0.3 is 29.8 Å². The van der Waals surface area contributed by atoms with Crippen LogP contribution in [0, 0.1) is 0 Å². The summed E-state index contributed by atoms with van der Waals surface area (Å²) >= 11 is 0. The predicted molar refractivity (Wildman–Crippen MR) is 61.6 cm³/mol. The molecule has 1 aromatic rings. The average Bonchev–Trinajstić information content (AvgIpc) is 2.44. The van der Waals surface area contributed by atoms with E-state index in [9.17, 15) is 43.9 Å². The van der Waals surface area contributed by atoms with Crippen molar-refractivity contribution in [3.05, 3.63) is 35.9 Å². The van der Waals surface area contributed by atoms with E-state index < -0.39 is 43.3 Å². The zero-order valence-electron chi connectivity index (χ0n) is 11.8. The Morgan fingerprint density at radius 3 is 1.58 bits per heavy atom. The summed E-state index contributed by atoms with van der Waals surface area (Å²) in [5.74, 6) is -26.4. The van der Waals surface area contributed by atoms with Crippen molar-refractivity contribution in [3.8, 4) is 0 Å². The van der Waals surface area contributed by atoms with Gasteiger partial charge in [0.25, 0.3) is 0 Å². The van der Waals surface area contributed by atoms with E-state index in [1.165, 1.54) is 18.2 Å². The second-order valence-electron chi connectivity index (χ2n) is 4.90. The van der Waals surface area contributed by atoms with Crippen LogP contribution in [-0.2, 0) is 11.3 Å². The molecule has 0 saturated carbocycles. The Kier molecular flexibility index (Phi) is 5.20. The minimum atomic E-state index is -7.08. The number of benzene rings is 1. The van der Waals surface area contributed by atoms with Crippen LogP contribution in [0.25, 0.3) is 0 Å². The topological polar surface area (TPSA) is 9.23 Å². The van der Waals surface area contributed by atoms with Gasteiger partial charge in [-0.2, -0.15) is 43.9 Å². The minimum Gasteiger partial charge on any atom is -0.311 e. The van der Waals surface area contributed by atoms with Crippen molar-refractivity contribution < 1.29 is 48.6 Å². The lowest BCUT2D eigenvalue weighted by molar-refractivity contribution is -0.445. The molecule has 1 rings (SSSR count). The molecule has 138 valence electrons. The molecular weight excluding hydrogens is 362 g/mol. The van der Waals surface area contributed by atoms with Gasteiger partial charge in [0, 0.05) is 6.92 Å². The third-order valence-electron chi connectivity index (χ3n) is 2.97. The first-order valence-corrected chi connectivity index (χ1v) is 6.15. The molecule has 24 heavy (non-hydrogen) atoms. The van der Waals surface area contributed by atoms with Gasteiger partial charge in [0.2, 0.25) is 0 Å². The van der Waals surface area contributed by atoms with Gasteiger partial charge in [0.05, 0.1) is 6.61 Å². The lowest BCUT2D eigenvalue weighted by Gasteiger charge is -2.38. The third-order valence-corrected chi connectivity index (χ3v) is 2.97. The van der Waals surface area contributed by atoms with E-state index in [-0.39, 0.29) is 5.56 Å². The Morgan fingerprint density at radius 1 is 0.708 bits per heavy atom. The molecule has 0 spiro atoms. The van der Waals surface area contributed by atoms with Crippen LogP contribution >= 0.6 is 0 Å². The van der Waals surface area contributed by atoms with Crippen LogP contribution in [0.4, 0.5) is 43.9 Å². The van der Waals surface area contributed by atoms with Gasteiger partial charge in [-0.05, 0) is 5.56 Å². The summed E-state index contributed by atoms with van der Waals surface area (Å²) in [6.07, 6.45) is -6.14. The van der Waals surface area contributed by atoms with Crippen LogP contribution in [0.1, 0.15) is 12.5 Å². The lowest BCUT2D eigenvalue weighted by Crippen LogP contribution is -2.67. The monoisotopic (exact) mass is 372 g/mol. The van der Waals surface area contributed by atoms with Crippen LogP contribution in [-0.4, -0.2) is 29.8 Å². The largest absolute Gasteiger partial charge is 0.426 e. The molecule has 0 N–H and O–H groups in total. The van der Waals surface area contributed by atoms with E-state index in [2.05, 4.69) is 4.74 Å². The molecule has 0 heterocycles. The summed E-state index contributed by atoms with van der Waals surface area (Å²) in [6, 6.07) is 6.15. The van der Waals surface area contributed by atoms with E-state index in [0.29, 0.717) is 0 Å². The molecule has 0 aromatic heterocycles. The van der Waals surface area contributed by atoms with Gasteiger partial charge in [0.15, 0.2) is 0 Å². The molecule has 0 fully saturated rings. The van der Waals surface area contributed by atoms with Crippen LogP contribution in [0.15, 0.2) is 30.3 Å². The molecule has 0 unspecified atom stereocenters. The number of rotatable bonds is 7. The molecule has 0 saturated heterocycles. The first-order chi connectivity index (χ1) is 10.6. The highest BCUT2D eigenvalue weighted by molar-refractivity contribution is 5.13. The summed E-state index contributed by atoms with van der Waals surface area (Å²) in [5, 5.41) is 0. The van der Waals surface area contributed by atoms with Crippen LogP contribution < -0.4 is 0 Å². The lowest BCUT2D eigenvalue weighted by atomic mass is 9.99. The van der Waals surface area contributed by atoms with Crippen molar-refractivity contribution in [2.24, 2.45) is 0 Å². The summed E-state index contributed by atoms with van der Waals surface area (Å²) in [4.78, 5) is 0. The maximum Gasteiger partial charge on any atom is 0.426 e. The maximum absolute atomic E-state index is 13.3. The molecule has 1 aromatic carbocycles.